The highest BCUT2D eigenvalue weighted by molar-refractivity contribution is 7.86. The van der Waals surface area contributed by atoms with Crippen molar-refractivity contribution in [3.05, 3.63) is 0 Å². The summed E-state index contributed by atoms with van der Waals surface area (Å²) in [4.78, 5) is 12.7. The first-order chi connectivity index (χ1) is 12.5. The maximum atomic E-state index is 13.0. The van der Waals surface area contributed by atoms with Gasteiger partial charge >= 0.3 is 0 Å². The van der Waals surface area contributed by atoms with Gasteiger partial charge in [0.15, 0.2) is 0 Å². The van der Waals surface area contributed by atoms with Crippen LogP contribution in [0.15, 0.2) is 0 Å². The van der Waals surface area contributed by atoms with Crippen molar-refractivity contribution in [2.24, 2.45) is 11.8 Å². The zero-order valence-corrected chi connectivity index (χ0v) is 17.0. The van der Waals surface area contributed by atoms with E-state index in [1.807, 2.05) is 0 Å². The zero-order chi connectivity index (χ0) is 18.6. The van der Waals surface area contributed by atoms with Gasteiger partial charge < -0.3 is 5.32 Å². The number of hydrogen-bond acceptors (Lipinski definition) is 3. The largest absolute Gasteiger partial charge is 0.353 e. The van der Waals surface area contributed by atoms with Crippen LogP contribution in [0, 0.1) is 11.8 Å². The Labute approximate surface area is 158 Å². The Hall–Kier alpha value is -0.660. The summed E-state index contributed by atoms with van der Waals surface area (Å²) in [5.74, 6) is 0.609. The molecule has 0 spiro atoms. The fourth-order valence-electron chi connectivity index (χ4n) is 4.53. The summed E-state index contributed by atoms with van der Waals surface area (Å²) < 4.78 is 29.2. The lowest BCUT2D eigenvalue weighted by molar-refractivity contribution is -0.127. The molecule has 0 unspecified atom stereocenters. The number of nitrogens with one attached hydrogen (secondary N) is 1. The minimum atomic E-state index is -3.43. The van der Waals surface area contributed by atoms with E-state index >= 15 is 0 Å². The first kappa shape index (κ1) is 20.1. The summed E-state index contributed by atoms with van der Waals surface area (Å²) >= 11 is 0. The van der Waals surface area contributed by atoms with Gasteiger partial charge in [0.2, 0.25) is 5.91 Å². The lowest BCUT2D eigenvalue weighted by atomic mass is 9.87. The topological polar surface area (TPSA) is 69.7 Å². The molecule has 0 radical (unpaired) electrons. The number of carbonyl (C=O) groups excluding carboxylic acids is 1. The van der Waals surface area contributed by atoms with E-state index in [2.05, 4.69) is 12.2 Å². The molecular weight excluding hydrogens is 350 g/mol. The molecule has 6 nitrogen and oxygen atoms in total. The molecule has 0 aromatic carbocycles. The third-order valence-electron chi connectivity index (χ3n) is 6.33. The Balaban J connectivity index is 1.56. The number of amides is 1. The smallest absolute Gasteiger partial charge is 0.281 e. The van der Waals surface area contributed by atoms with Gasteiger partial charge in [-0.05, 0) is 57.3 Å². The molecule has 1 N–H and O–H groups in total. The van der Waals surface area contributed by atoms with Crippen LogP contribution in [-0.4, -0.2) is 55.2 Å². The summed E-state index contributed by atoms with van der Waals surface area (Å²) in [6.45, 7) is 4.40. The van der Waals surface area contributed by atoms with Gasteiger partial charge in [0.1, 0.15) is 0 Å². The minimum Gasteiger partial charge on any atom is -0.353 e. The number of rotatable bonds is 4. The summed E-state index contributed by atoms with van der Waals surface area (Å²) in [5.41, 5.74) is 0. The van der Waals surface area contributed by atoms with Crippen molar-refractivity contribution in [3.63, 3.8) is 0 Å². The van der Waals surface area contributed by atoms with Crippen LogP contribution in [-0.2, 0) is 15.0 Å². The Bertz CT molecular complexity index is 565. The normalized spacial score (nSPS) is 32.7. The van der Waals surface area contributed by atoms with Crippen LogP contribution in [0.3, 0.4) is 0 Å². The highest BCUT2D eigenvalue weighted by atomic mass is 32.2. The van der Waals surface area contributed by atoms with Crippen molar-refractivity contribution in [2.75, 3.05) is 26.2 Å². The second kappa shape index (κ2) is 9.02. The van der Waals surface area contributed by atoms with Crippen molar-refractivity contribution in [1.82, 2.24) is 13.9 Å². The van der Waals surface area contributed by atoms with Crippen LogP contribution in [0.4, 0.5) is 0 Å². The molecular formula is C19H35N3O3S. The molecule has 150 valence electrons. The number of nitrogens with zero attached hydrogens (tertiary/aromatic N) is 2. The van der Waals surface area contributed by atoms with E-state index in [1.165, 1.54) is 12.8 Å². The SMILES string of the molecule is CC1CCC(NC(=O)[C@H]2CCCN(S(=O)(=O)N3CCCCCC3)C2)CC1. The van der Waals surface area contributed by atoms with Gasteiger partial charge in [0, 0.05) is 32.2 Å². The summed E-state index contributed by atoms with van der Waals surface area (Å²) in [6.07, 6.45) is 10.1. The quantitative estimate of drug-likeness (QED) is 0.808. The van der Waals surface area contributed by atoms with Crippen LogP contribution in [0.1, 0.15) is 71.1 Å². The Morgan fingerprint density at radius 1 is 0.846 bits per heavy atom. The average molecular weight is 386 g/mol. The van der Waals surface area contributed by atoms with Gasteiger partial charge in [0.25, 0.3) is 10.2 Å². The highest BCUT2D eigenvalue weighted by Gasteiger charge is 2.36. The van der Waals surface area contributed by atoms with E-state index in [-0.39, 0.29) is 17.9 Å². The van der Waals surface area contributed by atoms with Crippen LogP contribution in [0.5, 0.6) is 0 Å². The molecule has 1 atom stereocenters. The Kier molecular flexibility index (Phi) is 6.97. The lowest BCUT2D eigenvalue weighted by Crippen LogP contribution is -2.51. The molecule has 2 heterocycles. The predicted molar refractivity (Wildman–Crippen MR) is 103 cm³/mol. The van der Waals surface area contributed by atoms with E-state index < -0.39 is 10.2 Å². The van der Waals surface area contributed by atoms with Crippen LogP contribution >= 0.6 is 0 Å². The maximum absolute atomic E-state index is 13.0. The molecule has 3 fully saturated rings. The van der Waals surface area contributed by atoms with Crippen molar-refractivity contribution in [2.45, 2.75) is 77.2 Å². The zero-order valence-electron chi connectivity index (χ0n) is 16.2. The molecule has 1 aliphatic carbocycles. The molecule has 1 saturated carbocycles. The molecule has 2 saturated heterocycles. The molecule has 0 bridgehead atoms. The predicted octanol–water partition coefficient (Wildman–Crippen LogP) is 2.51. The molecule has 3 rings (SSSR count). The van der Waals surface area contributed by atoms with Gasteiger partial charge in [-0.1, -0.05) is 19.8 Å². The molecule has 0 aromatic heterocycles. The summed E-state index contributed by atoms with van der Waals surface area (Å²) in [6, 6.07) is 0.274. The van der Waals surface area contributed by atoms with Crippen molar-refractivity contribution < 1.29 is 13.2 Å². The molecule has 3 aliphatic rings. The Morgan fingerprint density at radius 3 is 2.12 bits per heavy atom. The average Bonchev–Trinajstić information content (AvgIpc) is 2.94. The van der Waals surface area contributed by atoms with E-state index in [0.29, 0.717) is 26.2 Å². The maximum Gasteiger partial charge on any atom is 0.281 e. The van der Waals surface area contributed by atoms with Gasteiger partial charge in [-0.15, -0.1) is 0 Å². The number of carbonyl (C=O) groups is 1. The second-order valence-electron chi connectivity index (χ2n) is 8.48. The van der Waals surface area contributed by atoms with Gasteiger partial charge in [-0.2, -0.15) is 17.0 Å². The molecule has 2 aliphatic heterocycles. The molecule has 0 aromatic rings. The number of hydrogen-bond donors (Lipinski definition) is 1. The van der Waals surface area contributed by atoms with Gasteiger partial charge in [-0.25, -0.2) is 0 Å². The molecule has 26 heavy (non-hydrogen) atoms. The molecule has 1 amide bonds. The van der Waals surface area contributed by atoms with E-state index in [0.717, 1.165) is 57.3 Å². The van der Waals surface area contributed by atoms with Gasteiger partial charge in [-0.3, -0.25) is 4.79 Å². The van der Waals surface area contributed by atoms with E-state index in [4.69, 9.17) is 0 Å². The monoisotopic (exact) mass is 385 g/mol. The lowest BCUT2D eigenvalue weighted by Gasteiger charge is -2.35. The van der Waals surface area contributed by atoms with Crippen LogP contribution in [0.25, 0.3) is 0 Å². The third-order valence-corrected chi connectivity index (χ3v) is 8.34. The summed E-state index contributed by atoms with van der Waals surface area (Å²) in [5, 5.41) is 3.20. The molecule has 7 heteroatoms. The standard InChI is InChI=1S/C19H35N3O3S/c1-16-8-10-18(11-9-16)20-19(23)17-7-6-14-22(15-17)26(24,25)21-12-4-2-3-5-13-21/h16-18H,2-15H2,1H3,(H,20,23)/t16?,17-,18?/m0/s1. The van der Waals surface area contributed by atoms with Crippen LogP contribution in [0.2, 0.25) is 0 Å². The van der Waals surface area contributed by atoms with Crippen molar-refractivity contribution >= 4 is 16.1 Å². The van der Waals surface area contributed by atoms with E-state index in [9.17, 15) is 13.2 Å². The van der Waals surface area contributed by atoms with Crippen molar-refractivity contribution in [3.8, 4) is 0 Å². The fraction of sp³-hybridized carbons (Fsp3) is 0.947. The second-order valence-corrected chi connectivity index (χ2v) is 10.4. The van der Waals surface area contributed by atoms with Crippen molar-refractivity contribution in [1.29, 1.82) is 0 Å². The Morgan fingerprint density at radius 2 is 1.46 bits per heavy atom. The van der Waals surface area contributed by atoms with E-state index in [1.54, 1.807) is 8.61 Å². The highest BCUT2D eigenvalue weighted by Crippen LogP contribution is 2.26. The first-order valence-electron chi connectivity index (χ1n) is 10.5. The summed E-state index contributed by atoms with van der Waals surface area (Å²) in [7, 11) is -3.43. The van der Waals surface area contributed by atoms with Gasteiger partial charge in [0.05, 0.1) is 5.92 Å². The third kappa shape index (κ3) is 4.98. The minimum absolute atomic E-state index is 0.0559. The number of piperidine rings is 1. The fourth-order valence-corrected chi connectivity index (χ4v) is 6.30. The first-order valence-corrected chi connectivity index (χ1v) is 11.9. The van der Waals surface area contributed by atoms with Crippen LogP contribution < -0.4 is 5.32 Å².